The number of rotatable bonds is 6. The summed E-state index contributed by atoms with van der Waals surface area (Å²) in [5.41, 5.74) is 1.64. The van der Waals surface area contributed by atoms with Gasteiger partial charge in [-0.15, -0.1) is 11.3 Å². The van der Waals surface area contributed by atoms with E-state index in [0.29, 0.717) is 29.1 Å². The third kappa shape index (κ3) is 6.62. The van der Waals surface area contributed by atoms with E-state index in [2.05, 4.69) is 19.2 Å². The van der Waals surface area contributed by atoms with Gasteiger partial charge in [-0.25, -0.2) is 23.2 Å². The second-order valence-electron chi connectivity index (χ2n) is 13.1. The molecule has 1 aromatic carbocycles. The molecule has 0 spiro atoms. The molecule has 1 aliphatic carbocycles. The number of amides is 1. The number of carboxylic acid groups (broad SMARTS) is 1. The number of nitrogens with zero attached hydrogens (tertiary/aromatic N) is 3. The number of nitrogens with one attached hydrogen (secondary N) is 1. The number of sulfonamides is 1. The van der Waals surface area contributed by atoms with Gasteiger partial charge in [-0.3, -0.25) is 4.79 Å². The Morgan fingerprint density at radius 1 is 1.17 bits per heavy atom. The number of hydrogen-bond acceptors (Lipinski definition) is 9. The predicted octanol–water partition coefficient (Wildman–Crippen LogP) is 5.43. The van der Waals surface area contributed by atoms with E-state index in [1.807, 2.05) is 42.7 Å². The van der Waals surface area contributed by atoms with Crippen LogP contribution in [0, 0.1) is 12.8 Å². The topological polar surface area (TPSA) is 148 Å². The third-order valence-electron chi connectivity index (χ3n) is 9.50. The summed E-state index contributed by atoms with van der Waals surface area (Å²) < 4.78 is 40.9. The van der Waals surface area contributed by atoms with Crippen molar-refractivity contribution in [3.8, 4) is 22.2 Å². The quantitative estimate of drug-likeness (QED) is 0.325. The van der Waals surface area contributed by atoms with Crippen molar-refractivity contribution in [1.29, 1.82) is 0 Å². The highest BCUT2D eigenvalue weighted by molar-refractivity contribution is 7.89. The number of carbonyl (C=O) groups excluding carboxylic acids is 1. The summed E-state index contributed by atoms with van der Waals surface area (Å²) in [7, 11) is -2.24. The van der Waals surface area contributed by atoms with Crippen LogP contribution in [0.4, 0.5) is 0 Å². The van der Waals surface area contributed by atoms with Crippen molar-refractivity contribution in [3.63, 3.8) is 0 Å². The summed E-state index contributed by atoms with van der Waals surface area (Å²) in [5.74, 6) is -0.737. The van der Waals surface area contributed by atoms with Crippen LogP contribution in [0.15, 0.2) is 35.7 Å². The second-order valence-corrected chi connectivity index (χ2v) is 16.0. The molecule has 2 aromatic heterocycles. The van der Waals surface area contributed by atoms with Crippen LogP contribution >= 0.6 is 11.3 Å². The number of thiazole rings is 1. The molecule has 2 aliphatic heterocycles. The Hall–Kier alpha value is -3.55. The molecule has 0 bridgehead atoms. The van der Waals surface area contributed by atoms with Crippen LogP contribution in [0.25, 0.3) is 21.6 Å². The van der Waals surface area contributed by atoms with E-state index in [1.165, 1.54) is 15.6 Å². The molecule has 2 fully saturated rings. The molecular weight excluding hydrogens is 641 g/mol. The van der Waals surface area contributed by atoms with E-state index in [4.69, 9.17) is 19.4 Å². The summed E-state index contributed by atoms with van der Waals surface area (Å²) in [6.07, 6.45) is 7.32. The number of carbonyl (C=O) groups is 2. The molecular formula is C34H42N4O7S2. The zero-order chi connectivity index (χ0) is 33.5. The molecule has 1 saturated heterocycles. The van der Waals surface area contributed by atoms with Crippen LogP contribution in [0.5, 0.6) is 11.5 Å². The van der Waals surface area contributed by atoms with Crippen molar-refractivity contribution in [3.05, 3.63) is 47.0 Å². The Balaban J connectivity index is 1.35. The van der Waals surface area contributed by atoms with Crippen LogP contribution in [-0.4, -0.2) is 76.8 Å². The maximum absolute atomic E-state index is 13.8. The lowest BCUT2D eigenvalue weighted by atomic mass is 10.1. The lowest BCUT2D eigenvalue weighted by molar-refractivity contribution is -0.144. The van der Waals surface area contributed by atoms with Crippen molar-refractivity contribution >= 4 is 44.1 Å². The first kappa shape index (κ1) is 33.4. The first-order valence-corrected chi connectivity index (χ1v) is 18.7. The van der Waals surface area contributed by atoms with Gasteiger partial charge >= 0.3 is 5.97 Å². The zero-order valence-corrected chi connectivity index (χ0v) is 28.8. The first-order chi connectivity index (χ1) is 22.4. The first-order valence-electron chi connectivity index (χ1n) is 16.3. The molecule has 3 aromatic rings. The van der Waals surface area contributed by atoms with Crippen molar-refractivity contribution in [2.24, 2.45) is 5.92 Å². The highest BCUT2D eigenvalue weighted by Crippen LogP contribution is 2.46. The van der Waals surface area contributed by atoms with Gasteiger partial charge in [-0.05, 0) is 50.7 Å². The molecule has 252 valence electrons. The Labute approximate surface area is 279 Å². The number of aliphatic carboxylic acids is 1. The van der Waals surface area contributed by atoms with Gasteiger partial charge < -0.3 is 19.9 Å². The van der Waals surface area contributed by atoms with Gasteiger partial charge in [0.1, 0.15) is 39.9 Å². The van der Waals surface area contributed by atoms with Gasteiger partial charge in [0.05, 0.1) is 30.6 Å². The second kappa shape index (κ2) is 13.2. The van der Waals surface area contributed by atoms with Gasteiger partial charge in [-0.1, -0.05) is 38.8 Å². The summed E-state index contributed by atoms with van der Waals surface area (Å²) in [4.78, 5) is 35.9. The van der Waals surface area contributed by atoms with Crippen LogP contribution in [0.2, 0.25) is 0 Å². The van der Waals surface area contributed by atoms with E-state index in [0.717, 1.165) is 47.3 Å². The number of carboxylic acids is 1. The number of allylic oxidation sites excluding steroid dienone is 1. The predicted molar refractivity (Wildman–Crippen MR) is 180 cm³/mol. The molecule has 2 N–H and O–H groups in total. The van der Waals surface area contributed by atoms with Gasteiger partial charge in [0.15, 0.2) is 0 Å². The SMILES string of the molecule is COc1ccc2c(O[C@@H]3C[C@H]4C(=O)N[C@]5(C(=O)O)C[C@H]5/C=C\CCCCCCS(=O)(=O)N4C3)cc(-c3nc(C(C)C)cs3)nc2c1C. The standard InChI is InChI=1S/C34H42N4O7S2/c1-20(2)26-19-46-32(36-26)25-16-29(24-12-13-28(44-4)21(3)30(24)35-25)45-23-15-27-31(39)37-34(33(40)41)17-22(34)11-9-7-5-6-8-10-14-47(42,43)38(27)18-23/h9,11-13,16,19-20,22-23,27H,5-8,10,14-15,17-18H2,1-4H3,(H,37,39)(H,40,41)/b11-9-/t22-,23-,27+,34-/m1/s1. The van der Waals surface area contributed by atoms with Crippen LogP contribution in [0.3, 0.4) is 0 Å². The maximum atomic E-state index is 13.8. The fourth-order valence-electron chi connectivity index (χ4n) is 6.60. The molecule has 4 heterocycles. The fourth-order valence-corrected chi connectivity index (χ4v) is 9.31. The largest absolute Gasteiger partial charge is 0.496 e. The molecule has 0 radical (unpaired) electrons. The van der Waals surface area contributed by atoms with E-state index in [-0.39, 0.29) is 37.0 Å². The van der Waals surface area contributed by atoms with E-state index >= 15 is 0 Å². The lowest BCUT2D eigenvalue weighted by Crippen LogP contribution is -2.53. The van der Waals surface area contributed by atoms with Gasteiger partial charge in [-0.2, -0.15) is 4.31 Å². The third-order valence-corrected chi connectivity index (χ3v) is 12.3. The molecule has 11 nitrogen and oxygen atoms in total. The van der Waals surface area contributed by atoms with Crippen molar-refractivity contribution in [2.45, 2.75) is 89.3 Å². The number of aromatic nitrogens is 2. The van der Waals surface area contributed by atoms with Crippen molar-refractivity contribution < 1.29 is 32.6 Å². The summed E-state index contributed by atoms with van der Waals surface area (Å²) in [5, 5.41) is 16.3. The number of ether oxygens (including phenoxy) is 2. The molecule has 13 heteroatoms. The van der Waals surface area contributed by atoms with Crippen LogP contribution in [-0.2, 0) is 19.6 Å². The number of methoxy groups -OCH3 is 1. The van der Waals surface area contributed by atoms with Gasteiger partial charge in [0, 0.05) is 34.7 Å². The number of fused-ring (bicyclic) bond motifs is 3. The summed E-state index contributed by atoms with van der Waals surface area (Å²) in [6.45, 7) is 6.05. The Morgan fingerprint density at radius 3 is 2.68 bits per heavy atom. The highest BCUT2D eigenvalue weighted by atomic mass is 32.2. The molecule has 1 saturated carbocycles. The van der Waals surface area contributed by atoms with Crippen molar-refractivity contribution in [2.75, 3.05) is 19.4 Å². The number of benzene rings is 1. The molecule has 6 rings (SSSR count). The maximum Gasteiger partial charge on any atom is 0.330 e. The average molecular weight is 683 g/mol. The van der Waals surface area contributed by atoms with Gasteiger partial charge in [0.2, 0.25) is 15.9 Å². The van der Waals surface area contributed by atoms with Gasteiger partial charge in [0.25, 0.3) is 0 Å². The van der Waals surface area contributed by atoms with E-state index in [9.17, 15) is 23.1 Å². The molecule has 47 heavy (non-hydrogen) atoms. The normalized spacial score (nSPS) is 27.3. The minimum Gasteiger partial charge on any atom is -0.496 e. The number of aryl methyl sites for hydroxylation is 1. The fraction of sp³-hybridized carbons (Fsp3) is 0.529. The van der Waals surface area contributed by atoms with Crippen molar-refractivity contribution in [1.82, 2.24) is 19.6 Å². The average Bonchev–Trinajstić information content (AvgIpc) is 3.33. The number of hydrogen-bond donors (Lipinski definition) is 2. The van der Waals surface area contributed by atoms with E-state index in [1.54, 1.807) is 7.11 Å². The summed E-state index contributed by atoms with van der Waals surface area (Å²) >= 11 is 1.49. The Kier molecular flexibility index (Phi) is 9.34. The van der Waals surface area contributed by atoms with Crippen LogP contribution < -0.4 is 14.8 Å². The highest BCUT2D eigenvalue weighted by Gasteiger charge is 2.61. The molecule has 1 amide bonds. The lowest BCUT2D eigenvalue weighted by Gasteiger charge is -2.25. The Morgan fingerprint density at radius 2 is 1.96 bits per heavy atom. The Bertz CT molecular complexity index is 1820. The minimum atomic E-state index is -3.84. The minimum absolute atomic E-state index is 0.0349. The zero-order valence-electron chi connectivity index (χ0n) is 27.2. The smallest absolute Gasteiger partial charge is 0.330 e. The number of pyridine rings is 1. The molecule has 4 atom stereocenters. The monoisotopic (exact) mass is 682 g/mol. The molecule has 3 aliphatic rings. The van der Waals surface area contributed by atoms with E-state index < -0.39 is 39.6 Å². The molecule has 0 unspecified atom stereocenters. The summed E-state index contributed by atoms with van der Waals surface area (Å²) in [6, 6.07) is 4.43. The van der Waals surface area contributed by atoms with Crippen LogP contribution in [0.1, 0.15) is 76.0 Å².